The number of nitrogens with zero attached hydrogens (tertiary/aromatic N) is 2. The van der Waals surface area contributed by atoms with Crippen LogP contribution in [0.4, 0.5) is 0 Å². The fraction of sp³-hybridized carbons (Fsp3) is 0.765. The van der Waals surface area contributed by atoms with Gasteiger partial charge in [0.2, 0.25) is 0 Å². The van der Waals surface area contributed by atoms with Gasteiger partial charge in [0.1, 0.15) is 0 Å². The lowest BCUT2D eigenvalue weighted by Gasteiger charge is -2.21. The van der Waals surface area contributed by atoms with Gasteiger partial charge in [0, 0.05) is 25.2 Å². The summed E-state index contributed by atoms with van der Waals surface area (Å²) in [7, 11) is 0. The first-order valence-corrected chi connectivity index (χ1v) is 8.65. The zero-order valence-electron chi connectivity index (χ0n) is 14.8. The molecule has 0 radical (unpaired) electrons. The Bertz CT molecular complexity index is 491. The zero-order chi connectivity index (χ0) is 16.7. The van der Waals surface area contributed by atoms with Crippen molar-refractivity contribution in [3.05, 3.63) is 18.2 Å². The van der Waals surface area contributed by atoms with E-state index in [1.807, 2.05) is 6.20 Å². The number of carboxylic acids is 1. The molecule has 0 bridgehead atoms. The van der Waals surface area contributed by atoms with E-state index in [1.54, 1.807) is 13.3 Å². The van der Waals surface area contributed by atoms with Crippen LogP contribution in [0, 0.1) is 5.92 Å². The molecule has 0 aromatic carbocycles. The Hall–Kier alpha value is -0.820. The van der Waals surface area contributed by atoms with Crippen molar-refractivity contribution in [3.8, 4) is 0 Å². The van der Waals surface area contributed by atoms with E-state index in [1.165, 1.54) is 38.5 Å². The van der Waals surface area contributed by atoms with Crippen molar-refractivity contribution >= 4 is 30.8 Å². The highest BCUT2D eigenvalue weighted by molar-refractivity contribution is 5.85. The van der Waals surface area contributed by atoms with Crippen LogP contribution in [0.2, 0.25) is 0 Å². The highest BCUT2D eigenvalue weighted by Crippen LogP contribution is 2.26. The standard InChI is InChI=1S/C17H29N3O3.2ClH/c1-13(18)11-23-16(17(21)22)9-15-10-20(12-19-15)8-7-14-5-3-2-4-6-14;;/h10,12-14,16H,2-9,11,18H2,1H3,(H,21,22);2*1H/t13-,16-;;/m1../s1. The van der Waals surface area contributed by atoms with Gasteiger partial charge in [-0.15, -0.1) is 24.8 Å². The molecule has 0 amide bonds. The third-order valence-corrected chi connectivity index (χ3v) is 4.44. The first-order valence-electron chi connectivity index (χ1n) is 8.65. The van der Waals surface area contributed by atoms with Crippen molar-refractivity contribution in [3.63, 3.8) is 0 Å². The Balaban J connectivity index is 0.00000288. The summed E-state index contributed by atoms with van der Waals surface area (Å²) in [6.07, 6.45) is 11.1. The molecule has 25 heavy (non-hydrogen) atoms. The number of imidazole rings is 1. The summed E-state index contributed by atoms with van der Waals surface area (Å²) < 4.78 is 7.42. The molecule has 2 atom stereocenters. The van der Waals surface area contributed by atoms with Gasteiger partial charge in [-0.3, -0.25) is 0 Å². The number of carboxylic acid groups (broad SMARTS) is 1. The molecule has 1 aromatic heterocycles. The first kappa shape index (κ1) is 24.2. The Labute approximate surface area is 162 Å². The molecule has 8 heteroatoms. The number of rotatable bonds is 9. The molecule has 0 saturated heterocycles. The van der Waals surface area contributed by atoms with Crippen LogP contribution in [0.5, 0.6) is 0 Å². The van der Waals surface area contributed by atoms with Gasteiger partial charge in [-0.25, -0.2) is 9.78 Å². The lowest BCUT2D eigenvalue weighted by molar-refractivity contribution is -0.150. The molecular formula is C17H31Cl2N3O3. The minimum atomic E-state index is -0.970. The summed E-state index contributed by atoms with van der Waals surface area (Å²) in [6, 6.07) is -0.176. The second kappa shape index (κ2) is 12.5. The van der Waals surface area contributed by atoms with Gasteiger partial charge in [-0.2, -0.15) is 0 Å². The Morgan fingerprint density at radius 3 is 2.68 bits per heavy atom. The smallest absolute Gasteiger partial charge is 0.333 e. The van der Waals surface area contributed by atoms with Crippen molar-refractivity contribution in [2.45, 2.75) is 70.6 Å². The molecule has 1 aromatic rings. The molecule has 0 unspecified atom stereocenters. The van der Waals surface area contributed by atoms with Crippen molar-refractivity contribution in [1.82, 2.24) is 9.55 Å². The van der Waals surface area contributed by atoms with E-state index in [2.05, 4.69) is 9.55 Å². The van der Waals surface area contributed by atoms with Gasteiger partial charge in [0.15, 0.2) is 6.10 Å². The maximum absolute atomic E-state index is 11.3. The molecule has 1 fully saturated rings. The fourth-order valence-corrected chi connectivity index (χ4v) is 3.12. The molecule has 2 rings (SSSR count). The average Bonchev–Trinajstić information content (AvgIpc) is 2.97. The maximum Gasteiger partial charge on any atom is 0.333 e. The summed E-state index contributed by atoms with van der Waals surface area (Å²) in [5.74, 6) is -0.141. The average molecular weight is 396 g/mol. The number of ether oxygens (including phenoxy) is 1. The zero-order valence-corrected chi connectivity index (χ0v) is 16.4. The maximum atomic E-state index is 11.3. The highest BCUT2D eigenvalue weighted by atomic mass is 35.5. The number of hydrogen-bond donors (Lipinski definition) is 2. The molecule has 1 aliphatic carbocycles. The van der Waals surface area contributed by atoms with Gasteiger partial charge < -0.3 is 20.1 Å². The van der Waals surface area contributed by atoms with Crippen LogP contribution in [0.1, 0.15) is 51.1 Å². The predicted octanol–water partition coefficient (Wildman–Crippen LogP) is 3.06. The van der Waals surface area contributed by atoms with Crippen LogP contribution in [0.15, 0.2) is 12.5 Å². The molecule has 1 heterocycles. The molecular weight excluding hydrogens is 365 g/mol. The molecule has 6 nitrogen and oxygen atoms in total. The summed E-state index contributed by atoms with van der Waals surface area (Å²) in [5.41, 5.74) is 6.37. The first-order chi connectivity index (χ1) is 11.0. The topological polar surface area (TPSA) is 90.4 Å². The van der Waals surface area contributed by atoms with Crippen LogP contribution in [0.25, 0.3) is 0 Å². The lowest BCUT2D eigenvalue weighted by Crippen LogP contribution is -2.32. The second-order valence-corrected chi connectivity index (χ2v) is 6.74. The molecule has 0 spiro atoms. The summed E-state index contributed by atoms with van der Waals surface area (Å²) in [6.45, 7) is 2.98. The number of aryl methyl sites for hydroxylation is 1. The second-order valence-electron chi connectivity index (χ2n) is 6.74. The number of carbonyl (C=O) groups is 1. The number of aliphatic carboxylic acids is 1. The number of halogens is 2. The van der Waals surface area contributed by atoms with E-state index < -0.39 is 12.1 Å². The normalized spacial score (nSPS) is 17.2. The minimum Gasteiger partial charge on any atom is -0.479 e. The summed E-state index contributed by atoms with van der Waals surface area (Å²) in [4.78, 5) is 15.6. The van der Waals surface area contributed by atoms with E-state index in [9.17, 15) is 9.90 Å². The van der Waals surface area contributed by atoms with Gasteiger partial charge in [-0.1, -0.05) is 32.1 Å². The number of hydrogen-bond acceptors (Lipinski definition) is 4. The van der Waals surface area contributed by atoms with Crippen LogP contribution >= 0.6 is 24.8 Å². The summed E-state index contributed by atoms with van der Waals surface area (Å²) >= 11 is 0. The van der Waals surface area contributed by atoms with E-state index >= 15 is 0 Å². The quantitative estimate of drug-likeness (QED) is 0.670. The van der Waals surface area contributed by atoms with Crippen LogP contribution < -0.4 is 5.73 Å². The Morgan fingerprint density at radius 2 is 2.08 bits per heavy atom. The predicted molar refractivity (Wildman–Crippen MR) is 103 cm³/mol. The molecule has 0 aliphatic heterocycles. The molecule has 1 aliphatic rings. The largest absolute Gasteiger partial charge is 0.479 e. The monoisotopic (exact) mass is 395 g/mol. The van der Waals surface area contributed by atoms with Crippen molar-refractivity contribution in [2.75, 3.05) is 6.61 Å². The third kappa shape index (κ3) is 8.90. The third-order valence-electron chi connectivity index (χ3n) is 4.44. The van der Waals surface area contributed by atoms with Gasteiger partial charge in [0.25, 0.3) is 0 Å². The van der Waals surface area contributed by atoms with Crippen LogP contribution in [0.3, 0.4) is 0 Å². The van der Waals surface area contributed by atoms with Crippen molar-refractivity contribution < 1.29 is 14.6 Å². The Morgan fingerprint density at radius 1 is 1.40 bits per heavy atom. The fourth-order valence-electron chi connectivity index (χ4n) is 3.12. The molecule has 146 valence electrons. The van der Waals surface area contributed by atoms with E-state index in [0.717, 1.165) is 18.2 Å². The van der Waals surface area contributed by atoms with Gasteiger partial charge in [0.05, 0.1) is 18.6 Å². The van der Waals surface area contributed by atoms with Crippen molar-refractivity contribution in [2.24, 2.45) is 11.7 Å². The minimum absolute atomic E-state index is 0. The van der Waals surface area contributed by atoms with Crippen LogP contribution in [-0.4, -0.2) is 39.4 Å². The number of nitrogens with two attached hydrogens (primary N) is 1. The van der Waals surface area contributed by atoms with E-state index in [4.69, 9.17) is 10.5 Å². The molecule has 1 saturated carbocycles. The van der Waals surface area contributed by atoms with E-state index in [0.29, 0.717) is 0 Å². The van der Waals surface area contributed by atoms with E-state index in [-0.39, 0.29) is 43.9 Å². The van der Waals surface area contributed by atoms with Crippen LogP contribution in [-0.2, 0) is 22.5 Å². The Kier molecular flexibility index (Phi) is 12.1. The lowest BCUT2D eigenvalue weighted by atomic mass is 9.87. The number of aromatic nitrogens is 2. The summed E-state index contributed by atoms with van der Waals surface area (Å²) in [5, 5.41) is 9.23. The highest BCUT2D eigenvalue weighted by Gasteiger charge is 2.20. The molecule has 3 N–H and O–H groups in total. The van der Waals surface area contributed by atoms with Crippen molar-refractivity contribution in [1.29, 1.82) is 0 Å². The van der Waals surface area contributed by atoms with Gasteiger partial charge >= 0.3 is 5.97 Å². The van der Waals surface area contributed by atoms with Gasteiger partial charge in [-0.05, 0) is 19.3 Å². The SMILES string of the molecule is C[C@@H](N)CO[C@H](Cc1cn(CCC2CCCCC2)cn1)C(=O)O.Cl.Cl.